The Hall–Kier alpha value is -5.51. The van der Waals surface area contributed by atoms with Crippen LogP contribution in [0.25, 0.3) is 20.7 Å². The summed E-state index contributed by atoms with van der Waals surface area (Å²) in [5, 5.41) is 4.05. The summed E-state index contributed by atoms with van der Waals surface area (Å²) in [6.07, 6.45) is 2.76. The number of fused-ring (bicyclic) bond motifs is 4. The fourth-order valence-electron chi connectivity index (χ4n) is 8.68. The Morgan fingerprint density at radius 2 is 1.75 bits per heavy atom. The van der Waals surface area contributed by atoms with E-state index >= 15 is 0 Å². The Morgan fingerprint density at radius 1 is 0.951 bits per heavy atom. The monoisotopic (exact) mass is 860 g/mol. The summed E-state index contributed by atoms with van der Waals surface area (Å²) in [4.78, 5) is 55.1. The molecule has 6 aromatic rings. The van der Waals surface area contributed by atoms with E-state index in [9.17, 15) is 14.4 Å². The molecule has 15 heteroatoms. The number of amides is 1. The first-order chi connectivity index (χ1) is 29.8. The Bertz CT molecular complexity index is 2700. The van der Waals surface area contributed by atoms with Gasteiger partial charge in [0.1, 0.15) is 17.9 Å². The molecule has 6 heterocycles. The summed E-state index contributed by atoms with van der Waals surface area (Å²) in [6.45, 7) is 6.09. The van der Waals surface area contributed by atoms with Crippen molar-refractivity contribution in [3.05, 3.63) is 128 Å². The number of nitrogens with zero attached hydrogens (tertiary/aromatic N) is 6. The first kappa shape index (κ1) is 40.9. The van der Waals surface area contributed by atoms with E-state index in [1.165, 1.54) is 21.5 Å². The second-order valence-corrected chi connectivity index (χ2v) is 17.7. The van der Waals surface area contributed by atoms with E-state index in [0.717, 1.165) is 57.4 Å². The van der Waals surface area contributed by atoms with Gasteiger partial charge in [0.2, 0.25) is 5.89 Å². The Balaban J connectivity index is 0.957. The zero-order valence-electron chi connectivity index (χ0n) is 34.5. The van der Waals surface area contributed by atoms with Crippen LogP contribution in [0.4, 0.5) is 0 Å². The molecule has 0 spiro atoms. The smallest absolute Gasteiger partial charge is 0.332 e. The molecule has 61 heavy (non-hydrogen) atoms. The van der Waals surface area contributed by atoms with Crippen molar-refractivity contribution in [3.8, 4) is 21.9 Å². The van der Waals surface area contributed by atoms with Gasteiger partial charge in [-0.1, -0.05) is 54.5 Å². The molecule has 3 aliphatic heterocycles. The van der Waals surface area contributed by atoms with E-state index in [2.05, 4.69) is 16.2 Å². The highest BCUT2D eigenvalue weighted by atomic mass is 32.2. The molecule has 2 saturated heterocycles. The zero-order chi connectivity index (χ0) is 42.0. The van der Waals surface area contributed by atoms with Crippen molar-refractivity contribution in [2.75, 3.05) is 44.9 Å². The lowest BCUT2D eigenvalue weighted by Crippen LogP contribution is -2.46. The van der Waals surface area contributed by atoms with Crippen LogP contribution in [0.5, 0.6) is 11.5 Å². The molecule has 3 aromatic heterocycles. The third kappa shape index (κ3) is 8.06. The molecule has 9 rings (SSSR count). The lowest BCUT2D eigenvalue weighted by Gasteiger charge is -2.35. The van der Waals surface area contributed by atoms with Crippen LogP contribution in [-0.4, -0.2) is 86.8 Å². The molecule has 0 bridgehead atoms. The molecule has 0 saturated carbocycles. The maximum absolute atomic E-state index is 14.4. The molecule has 0 radical (unpaired) electrons. The molecular weight excluding hydrogens is 813 g/mol. The predicted octanol–water partition coefficient (Wildman–Crippen LogP) is 7.57. The van der Waals surface area contributed by atoms with Crippen LogP contribution in [0.1, 0.15) is 90.3 Å². The van der Waals surface area contributed by atoms with Gasteiger partial charge in [-0.3, -0.25) is 23.7 Å². The van der Waals surface area contributed by atoms with Gasteiger partial charge in [-0.25, -0.2) is 4.79 Å². The minimum absolute atomic E-state index is 0.00511. The quantitative estimate of drug-likeness (QED) is 0.107. The number of thiophene rings is 1. The number of carbonyl (C=O) groups excluding carboxylic acids is 1. The van der Waals surface area contributed by atoms with Crippen molar-refractivity contribution < 1.29 is 23.5 Å². The standard InChI is InChI=1S/C46H48N6O7S2/c1-4-20-57-26-40-48-41(59-49-40)25-51-36-24-39(28-9-7-6-8-10-28)61-43(36)45(54)52(46(51)55)31-15-18-50(19-16-31)44(53)30-13-11-29(12-14-30)42-33-23-37(56-3)38(58-5-2)22-32(33)34-27-60-21-17-35(34)47-42/h6-14,22-24,31,34-35H,4-5,15-21,25-27H2,1-3H3/t34-,35-/m1/s1. The largest absolute Gasteiger partial charge is 0.493 e. The highest BCUT2D eigenvalue weighted by Crippen LogP contribution is 2.44. The topological polar surface area (TPSA) is 143 Å². The van der Waals surface area contributed by atoms with Gasteiger partial charge in [-0.15, -0.1) is 11.3 Å². The number of carbonyl (C=O) groups is 1. The summed E-state index contributed by atoms with van der Waals surface area (Å²) in [5.74, 6) is 4.35. The van der Waals surface area contributed by atoms with Crippen molar-refractivity contribution >= 4 is 44.9 Å². The number of aromatic nitrogens is 4. The van der Waals surface area contributed by atoms with Gasteiger partial charge in [-0.05, 0) is 79.8 Å². The Morgan fingerprint density at radius 3 is 2.51 bits per heavy atom. The highest BCUT2D eigenvalue weighted by Gasteiger charge is 2.35. The molecule has 0 aliphatic carbocycles. The van der Waals surface area contributed by atoms with E-state index in [1.54, 1.807) is 11.7 Å². The van der Waals surface area contributed by atoms with Gasteiger partial charge in [0, 0.05) is 59.0 Å². The molecule has 0 unspecified atom stereocenters. The van der Waals surface area contributed by atoms with E-state index in [1.807, 2.05) is 97.2 Å². The summed E-state index contributed by atoms with van der Waals surface area (Å²) in [7, 11) is 1.66. The first-order valence-electron chi connectivity index (χ1n) is 21.0. The van der Waals surface area contributed by atoms with Crippen molar-refractivity contribution in [1.29, 1.82) is 0 Å². The number of thioether (sulfide) groups is 1. The molecule has 2 fully saturated rings. The van der Waals surface area contributed by atoms with Crippen LogP contribution in [0.3, 0.4) is 0 Å². The number of piperidine rings is 1. The molecule has 3 aromatic carbocycles. The minimum Gasteiger partial charge on any atom is -0.493 e. The van der Waals surface area contributed by atoms with Crippen molar-refractivity contribution in [2.45, 2.75) is 70.7 Å². The van der Waals surface area contributed by atoms with Gasteiger partial charge in [0.25, 0.3) is 11.5 Å². The normalized spacial score (nSPS) is 17.8. The number of hydrogen-bond acceptors (Lipinski definition) is 12. The fourth-order valence-corrected chi connectivity index (χ4v) is 11.0. The summed E-state index contributed by atoms with van der Waals surface area (Å²) < 4.78 is 26.2. The third-order valence-electron chi connectivity index (χ3n) is 11.7. The molecule has 13 nitrogen and oxygen atoms in total. The third-order valence-corrected chi connectivity index (χ3v) is 14.0. The first-order valence-corrected chi connectivity index (χ1v) is 23.0. The van der Waals surface area contributed by atoms with Crippen LogP contribution in [0, 0.1) is 0 Å². The Labute approximate surface area is 361 Å². The predicted molar refractivity (Wildman–Crippen MR) is 238 cm³/mol. The van der Waals surface area contributed by atoms with Gasteiger partial charge < -0.3 is 23.6 Å². The van der Waals surface area contributed by atoms with Gasteiger partial charge in [-0.2, -0.15) is 16.7 Å². The van der Waals surface area contributed by atoms with E-state index in [4.69, 9.17) is 23.7 Å². The number of likely N-dealkylation sites (tertiary alicyclic amines) is 1. The molecule has 1 amide bonds. The van der Waals surface area contributed by atoms with Crippen LogP contribution >= 0.6 is 23.1 Å². The van der Waals surface area contributed by atoms with Crippen LogP contribution in [-0.2, 0) is 17.9 Å². The second-order valence-electron chi connectivity index (χ2n) is 15.5. The minimum atomic E-state index is -0.450. The number of rotatable bonds is 13. The van der Waals surface area contributed by atoms with Crippen molar-refractivity contribution in [2.24, 2.45) is 4.99 Å². The lowest BCUT2D eigenvalue weighted by atomic mass is 9.81. The van der Waals surface area contributed by atoms with E-state index < -0.39 is 11.7 Å². The summed E-state index contributed by atoms with van der Waals surface area (Å²) >= 11 is 3.33. The zero-order valence-corrected chi connectivity index (χ0v) is 36.1. The fraction of sp³-hybridized carbons (Fsp3) is 0.391. The molecule has 316 valence electrons. The number of benzene rings is 3. The van der Waals surface area contributed by atoms with E-state index in [0.29, 0.717) is 72.4 Å². The highest BCUT2D eigenvalue weighted by molar-refractivity contribution is 7.99. The maximum Gasteiger partial charge on any atom is 0.332 e. The molecule has 2 atom stereocenters. The molecular formula is C46H48N6O7S2. The lowest BCUT2D eigenvalue weighted by molar-refractivity contribution is 0.0691. The van der Waals surface area contributed by atoms with Gasteiger partial charge in [0.15, 0.2) is 17.3 Å². The summed E-state index contributed by atoms with van der Waals surface area (Å²) in [5.41, 5.74) is 5.36. The second kappa shape index (κ2) is 17.8. The number of methoxy groups -OCH3 is 1. The number of aliphatic imine (C=N–C) groups is 1. The Kier molecular flexibility index (Phi) is 12.0. The number of ether oxygens (including phenoxy) is 3. The van der Waals surface area contributed by atoms with Crippen LogP contribution < -0.4 is 20.7 Å². The van der Waals surface area contributed by atoms with Crippen molar-refractivity contribution in [1.82, 2.24) is 24.2 Å². The van der Waals surface area contributed by atoms with Gasteiger partial charge >= 0.3 is 5.69 Å². The maximum atomic E-state index is 14.4. The molecule has 0 N–H and O–H groups in total. The molecule has 3 aliphatic rings. The average Bonchev–Trinajstić information content (AvgIpc) is 3.96. The van der Waals surface area contributed by atoms with E-state index in [-0.39, 0.29) is 36.6 Å². The average molecular weight is 861 g/mol. The van der Waals surface area contributed by atoms with Crippen LogP contribution in [0.15, 0.2) is 91.9 Å². The van der Waals surface area contributed by atoms with Gasteiger partial charge in [0.05, 0.1) is 31.0 Å². The SMILES string of the molecule is CCCOCc1noc(Cn2c(=O)n(C3CCN(C(=O)c4ccc(C5=N[C@@H]6CCSC[C@@H]6c6cc(OCC)c(OC)cc65)cc4)CC3)c(=O)c3sc(-c4ccccc4)cc32)n1. The van der Waals surface area contributed by atoms with Crippen LogP contribution in [0.2, 0.25) is 0 Å². The summed E-state index contributed by atoms with van der Waals surface area (Å²) in [6, 6.07) is 23.3. The number of hydrogen-bond donors (Lipinski definition) is 0. The van der Waals surface area contributed by atoms with Crippen molar-refractivity contribution in [3.63, 3.8) is 0 Å².